The molecular formula is C7H13NU. The molecule has 50 valence electrons. The van der Waals surface area contributed by atoms with Crippen LogP contribution in [0, 0.1) is 45.0 Å². The van der Waals surface area contributed by atoms with Crippen LogP contribution in [0.3, 0.4) is 0 Å². The quantitative estimate of drug-likeness (QED) is 0.593. The third-order valence-electron chi connectivity index (χ3n) is 1.39. The summed E-state index contributed by atoms with van der Waals surface area (Å²) in [5.74, 6) is 0. The Balaban J connectivity index is 0. The van der Waals surface area contributed by atoms with E-state index in [1.807, 2.05) is 0 Å². The minimum Gasteiger partial charge on any atom is -0.726 e. The molecule has 0 unspecified atom stereocenters. The number of rotatable bonds is 0. The van der Waals surface area contributed by atoms with Crippen molar-refractivity contribution in [3.05, 3.63) is 13.8 Å². The van der Waals surface area contributed by atoms with Crippen LogP contribution in [-0.4, -0.2) is 25.0 Å². The second kappa shape index (κ2) is 7.12. The average Bonchev–Trinajstić information content (AvgIpc) is 1.69. The normalized spacial score (nSPS) is 19.7. The first-order valence-corrected chi connectivity index (χ1v) is 2.90. The van der Waals surface area contributed by atoms with Gasteiger partial charge in [0.2, 0.25) is 0 Å². The average molecular weight is 349 g/mol. The van der Waals surface area contributed by atoms with Crippen LogP contribution >= 0.6 is 0 Å². The molecule has 0 aromatic heterocycles. The summed E-state index contributed by atoms with van der Waals surface area (Å²) in [7, 11) is 2.16. The van der Waals surface area contributed by atoms with Gasteiger partial charge in [0.1, 0.15) is 0 Å². The van der Waals surface area contributed by atoms with Crippen molar-refractivity contribution in [2.24, 2.45) is 0 Å². The summed E-state index contributed by atoms with van der Waals surface area (Å²) in [4.78, 5) is 2.34. The molecule has 0 atom stereocenters. The van der Waals surface area contributed by atoms with E-state index in [0.717, 1.165) is 0 Å². The topological polar surface area (TPSA) is 3.24 Å². The molecule has 1 heterocycles. The van der Waals surface area contributed by atoms with Crippen molar-refractivity contribution in [1.29, 1.82) is 0 Å². The molecule has 0 N–H and O–H groups in total. The third kappa shape index (κ3) is 5.46. The fourth-order valence-corrected chi connectivity index (χ4v) is 0.909. The van der Waals surface area contributed by atoms with Gasteiger partial charge in [0, 0.05) is 0 Å². The molecule has 9 heavy (non-hydrogen) atoms. The van der Waals surface area contributed by atoms with Crippen molar-refractivity contribution in [3.63, 3.8) is 0 Å². The van der Waals surface area contributed by atoms with Gasteiger partial charge in [-0.05, 0) is 13.6 Å². The van der Waals surface area contributed by atoms with E-state index in [9.17, 15) is 0 Å². The maximum atomic E-state index is 2.34. The molecule has 1 nitrogen and oxygen atoms in total. The molecule has 1 aliphatic heterocycles. The van der Waals surface area contributed by atoms with E-state index in [2.05, 4.69) is 18.4 Å². The molecule has 0 aliphatic carbocycles. The Labute approximate surface area is 82.6 Å². The van der Waals surface area contributed by atoms with Crippen molar-refractivity contribution in [3.8, 4) is 0 Å². The van der Waals surface area contributed by atoms with E-state index in [1.165, 1.54) is 25.9 Å². The molecule has 2 heteroatoms. The van der Waals surface area contributed by atoms with Crippen LogP contribution in [0.5, 0.6) is 0 Å². The van der Waals surface area contributed by atoms with E-state index in [4.69, 9.17) is 0 Å². The van der Waals surface area contributed by atoms with Gasteiger partial charge in [0.05, 0.1) is 0 Å². The number of likely N-dealkylation sites (tertiary alicyclic amines) is 1. The van der Waals surface area contributed by atoms with Crippen molar-refractivity contribution in [2.75, 3.05) is 20.1 Å². The van der Waals surface area contributed by atoms with Gasteiger partial charge in [-0.2, -0.15) is 6.42 Å². The van der Waals surface area contributed by atoms with Crippen LogP contribution in [0.15, 0.2) is 0 Å². The molecule has 2 radical (unpaired) electrons. The van der Waals surface area contributed by atoms with E-state index < -0.39 is 0 Å². The summed E-state index contributed by atoms with van der Waals surface area (Å²) in [5.41, 5.74) is 0. The molecule has 1 rings (SSSR count). The summed E-state index contributed by atoms with van der Waals surface area (Å²) in [6, 6.07) is 0. The maximum absolute atomic E-state index is 2.34. The first-order valence-electron chi connectivity index (χ1n) is 2.90. The summed E-state index contributed by atoms with van der Waals surface area (Å²) in [5, 5.41) is 0. The van der Waals surface area contributed by atoms with Crippen LogP contribution in [0.2, 0.25) is 0 Å². The number of nitrogens with zero attached hydrogens (tertiary/aromatic N) is 1. The summed E-state index contributed by atoms with van der Waals surface area (Å²) < 4.78 is 0. The first-order chi connectivity index (χ1) is 3.39. The van der Waals surface area contributed by atoms with Gasteiger partial charge in [0.25, 0.3) is 0 Å². The zero-order chi connectivity index (χ0) is 5.11. The summed E-state index contributed by atoms with van der Waals surface area (Å²) >= 11 is 0. The van der Waals surface area contributed by atoms with E-state index in [1.54, 1.807) is 0 Å². The monoisotopic (exact) mass is 349 g/mol. The van der Waals surface area contributed by atoms with Crippen LogP contribution < -0.4 is 0 Å². The predicted octanol–water partition coefficient (Wildman–Crippen LogP) is 1.12. The van der Waals surface area contributed by atoms with E-state index in [-0.39, 0.29) is 38.5 Å². The fourth-order valence-electron chi connectivity index (χ4n) is 0.909. The van der Waals surface area contributed by atoms with Gasteiger partial charge in [-0.3, -0.25) is 0 Å². The Bertz CT molecular complexity index is 50.9. The Kier molecular flexibility index (Phi) is 10.0. The summed E-state index contributed by atoms with van der Waals surface area (Å²) in [6.07, 6.45) is 5.02. The van der Waals surface area contributed by atoms with Gasteiger partial charge in [-0.15, -0.1) is 6.54 Å². The zero-order valence-corrected chi connectivity index (χ0v) is 10.1. The Hall–Kier alpha value is 1.01. The summed E-state index contributed by atoms with van der Waals surface area (Å²) in [6.45, 7) is 2.48. The number of hydrogen-bond acceptors (Lipinski definition) is 1. The van der Waals surface area contributed by atoms with Crippen molar-refractivity contribution in [1.82, 2.24) is 4.90 Å². The van der Waals surface area contributed by atoms with Crippen LogP contribution in [0.25, 0.3) is 0 Å². The standard InChI is InChI=1S/C6H12N.CH.U/c1-7-5-3-2-4-6-7;;/h3H,2,4-6H2,1H3;1H;/q2*-1;+2. The zero-order valence-electron chi connectivity index (χ0n) is 5.93. The Morgan fingerprint density at radius 2 is 2.11 bits per heavy atom. The molecule has 1 aliphatic rings. The molecule has 0 bridgehead atoms. The third-order valence-corrected chi connectivity index (χ3v) is 1.39. The maximum Gasteiger partial charge on any atom is 2.00 e. The van der Waals surface area contributed by atoms with Gasteiger partial charge in [-0.1, -0.05) is 6.42 Å². The fraction of sp³-hybridized carbons (Fsp3) is 0.714. The van der Waals surface area contributed by atoms with Gasteiger partial charge < -0.3 is 18.7 Å². The molecule has 0 aromatic rings. The first kappa shape index (κ1) is 12.7. The van der Waals surface area contributed by atoms with Crippen molar-refractivity contribution >= 4 is 0 Å². The van der Waals surface area contributed by atoms with Crippen molar-refractivity contribution in [2.45, 2.75) is 12.8 Å². The van der Waals surface area contributed by atoms with E-state index >= 15 is 0 Å². The molecule has 0 amide bonds. The molecular weight excluding hydrogens is 336 g/mol. The largest absolute Gasteiger partial charge is 2.00 e. The second-order valence-electron chi connectivity index (χ2n) is 2.19. The van der Waals surface area contributed by atoms with Gasteiger partial charge in [-0.25, -0.2) is 0 Å². The minimum atomic E-state index is 0. The van der Waals surface area contributed by atoms with Gasteiger partial charge >= 0.3 is 31.1 Å². The van der Waals surface area contributed by atoms with E-state index in [0.29, 0.717) is 0 Å². The van der Waals surface area contributed by atoms with Crippen LogP contribution in [0.4, 0.5) is 0 Å². The van der Waals surface area contributed by atoms with Crippen molar-refractivity contribution < 1.29 is 31.1 Å². The molecule has 1 fully saturated rings. The van der Waals surface area contributed by atoms with Crippen LogP contribution in [0.1, 0.15) is 12.8 Å². The van der Waals surface area contributed by atoms with Gasteiger partial charge in [0.15, 0.2) is 0 Å². The molecule has 0 spiro atoms. The minimum absolute atomic E-state index is 0. The predicted molar refractivity (Wildman–Crippen MR) is 35.3 cm³/mol. The molecule has 0 aromatic carbocycles. The number of hydrogen-bond donors (Lipinski definition) is 0. The molecule has 0 saturated carbocycles. The second-order valence-corrected chi connectivity index (χ2v) is 2.19. The Morgan fingerprint density at radius 3 is 2.33 bits per heavy atom. The van der Waals surface area contributed by atoms with Crippen LogP contribution in [-0.2, 0) is 0 Å². The smallest absolute Gasteiger partial charge is 0.726 e. The molecule has 1 saturated heterocycles. The Morgan fingerprint density at radius 1 is 1.44 bits per heavy atom. The SMILES string of the molecule is CN1C[CH-]CCC1.[CH-].[U+2]. The number of piperidine rings is 1.